The van der Waals surface area contributed by atoms with E-state index in [1.165, 1.54) is 0 Å². The normalized spacial score (nSPS) is 12.7. The van der Waals surface area contributed by atoms with Crippen LogP contribution in [0.1, 0.15) is 0 Å². The molecule has 0 amide bonds. The van der Waals surface area contributed by atoms with Crippen LogP contribution in [0.4, 0.5) is 11.5 Å². The molecule has 0 aliphatic carbocycles. The summed E-state index contributed by atoms with van der Waals surface area (Å²) in [6.07, 6.45) is 0. The van der Waals surface area contributed by atoms with E-state index in [9.17, 15) is 0 Å². The van der Waals surface area contributed by atoms with Crippen molar-refractivity contribution >= 4 is 45.8 Å². The van der Waals surface area contributed by atoms with Gasteiger partial charge in [0.1, 0.15) is 5.82 Å². The van der Waals surface area contributed by atoms with E-state index >= 15 is 0 Å². The molecule has 1 N–H and O–H groups in total. The monoisotopic (exact) mass is 284 g/mol. The Labute approximate surface area is 119 Å². The molecule has 0 saturated heterocycles. The van der Waals surface area contributed by atoms with E-state index in [4.69, 9.17) is 11.6 Å². The van der Waals surface area contributed by atoms with Crippen LogP contribution in [0.25, 0.3) is 10.9 Å². The van der Waals surface area contributed by atoms with Gasteiger partial charge < -0.3 is 5.32 Å². The zero-order valence-corrected chi connectivity index (χ0v) is 11.4. The van der Waals surface area contributed by atoms with Crippen LogP contribution in [0.3, 0.4) is 0 Å². The first kappa shape index (κ1) is 11.1. The number of anilines is 2. The van der Waals surface area contributed by atoms with Crippen LogP contribution in [-0.4, -0.2) is 4.98 Å². The van der Waals surface area contributed by atoms with Crippen molar-refractivity contribution in [3.8, 4) is 0 Å². The molecule has 0 saturated carbocycles. The molecule has 4 heteroatoms. The number of hydrogen-bond donors (Lipinski definition) is 1. The summed E-state index contributed by atoms with van der Waals surface area (Å²) in [6.45, 7) is 0. The van der Waals surface area contributed by atoms with Crippen molar-refractivity contribution in [2.75, 3.05) is 5.32 Å². The van der Waals surface area contributed by atoms with Gasteiger partial charge in [0.05, 0.1) is 26.0 Å². The number of nitrogens with zero attached hydrogens (tertiary/aromatic N) is 1. The Morgan fingerprint density at radius 1 is 1.05 bits per heavy atom. The fourth-order valence-corrected chi connectivity index (χ4v) is 3.50. The summed E-state index contributed by atoms with van der Waals surface area (Å²) in [7, 11) is 0. The first-order chi connectivity index (χ1) is 9.31. The van der Waals surface area contributed by atoms with Gasteiger partial charge in [-0.2, -0.15) is 0 Å². The van der Waals surface area contributed by atoms with Crippen molar-refractivity contribution in [1.82, 2.24) is 4.98 Å². The highest BCUT2D eigenvalue weighted by molar-refractivity contribution is 7.99. The average Bonchev–Trinajstić information content (AvgIpc) is 2.44. The third-order valence-electron chi connectivity index (χ3n) is 3.12. The second-order valence-corrected chi connectivity index (χ2v) is 5.83. The van der Waals surface area contributed by atoms with Gasteiger partial charge in [-0.3, -0.25) is 0 Å². The van der Waals surface area contributed by atoms with Crippen LogP contribution in [-0.2, 0) is 0 Å². The van der Waals surface area contributed by atoms with Crippen LogP contribution >= 0.6 is 23.4 Å². The van der Waals surface area contributed by atoms with E-state index in [1.54, 1.807) is 11.8 Å². The van der Waals surface area contributed by atoms with Crippen LogP contribution in [0, 0.1) is 0 Å². The zero-order valence-electron chi connectivity index (χ0n) is 9.85. The lowest BCUT2D eigenvalue weighted by atomic mass is 10.2. The van der Waals surface area contributed by atoms with E-state index in [0.717, 1.165) is 37.2 Å². The van der Waals surface area contributed by atoms with Gasteiger partial charge in [-0.15, -0.1) is 0 Å². The molecule has 0 fully saturated rings. The summed E-state index contributed by atoms with van der Waals surface area (Å²) in [5.74, 6) is 0.901. The molecule has 2 aromatic carbocycles. The van der Waals surface area contributed by atoms with Crippen molar-refractivity contribution < 1.29 is 0 Å². The molecule has 1 aromatic heterocycles. The van der Waals surface area contributed by atoms with Crippen LogP contribution in [0.2, 0.25) is 5.02 Å². The van der Waals surface area contributed by atoms with Gasteiger partial charge in [-0.1, -0.05) is 47.6 Å². The van der Waals surface area contributed by atoms with E-state index < -0.39 is 0 Å². The summed E-state index contributed by atoms with van der Waals surface area (Å²) >= 11 is 7.91. The Balaban J connectivity index is 1.93. The highest BCUT2D eigenvalue weighted by Crippen LogP contribution is 2.47. The van der Waals surface area contributed by atoms with Crippen molar-refractivity contribution in [1.29, 1.82) is 0 Å². The molecular formula is C15H9ClN2S. The first-order valence-corrected chi connectivity index (χ1v) is 7.14. The number of benzene rings is 2. The average molecular weight is 285 g/mol. The minimum absolute atomic E-state index is 0.772. The number of halogens is 1. The topological polar surface area (TPSA) is 24.9 Å². The quantitative estimate of drug-likeness (QED) is 0.486. The largest absolute Gasteiger partial charge is 0.338 e. The SMILES string of the molecule is Clc1cccc2c1Sc1cc3ccccc3nc1N2. The number of hydrogen-bond acceptors (Lipinski definition) is 3. The standard InChI is InChI=1S/C15H9ClN2S/c16-10-5-3-7-12-14(10)19-13-8-9-4-1-2-6-11(9)17-15(13)18-12/h1-8H,(H,17,18). The van der Waals surface area contributed by atoms with Crippen molar-refractivity contribution in [2.45, 2.75) is 9.79 Å². The Morgan fingerprint density at radius 2 is 1.95 bits per heavy atom. The Bertz CT molecular complexity index is 801. The van der Waals surface area contributed by atoms with E-state index in [1.807, 2.05) is 36.4 Å². The lowest BCUT2D eigenvalue weighted by molar-refractivity contribution is 1.24. The van der Waals surface area contributed by atoms with Crippen molar-refractivity contribution in [2.24, 2.45) is 0 Å². The van der Waals surface area contributed by atoms with Crippen LogP contribution in [0.15, 0.2) is 58.3 Å². The van der Waals surface area contributed by atoms with E-state index in [0.29, 0.717) is 0 Å². The third-order valence-corrected chi connectivity index (χ3v) is 4.72. The van der Waals surface area contributed by atoms with Gasteiger partial charge in [-0.25, -0.2) is 4.98 Å². The van der Waals surface area contributed by atoms with Gasteiger partial charge in [0, 0.05) is 5.39 Å². The Morgan fingerprint density at radius 3 is 2.89 bits per heavy atom. The molecule has 1 aliphatic rings. The molecule has 2 nitrogen and oxygen atoms in total. The van der Waals surface area contributed by atoms with Gasteiger partial charge >= 0.3 is 0 Å². The summed E-state index contributed by atoms with van der Waals surface area (Å²) in [6, 6.07) is 16.2. The predicted octanol–water partition coefficient (Wildman–Crippen LogP) is 5.10. The molecule has 0 radical (unpaired) electrons. The Kier molecular flexibility index (Phi) is 2.43. The molecule has 0 spiro atoms. The lowest BCUT2D eigenvalue weighted by Gasteiger charge is -2.21. The predicted molar refractivity (Wildman–Crippen MR) is 80.6 cm³/mol. The second-order valence-electron chi connectivity index (χ2n) is 4.37. The zero-order chi connectivity index (χ0) is 12.8. The smallest absolute Gasteiger partial charge is 0.145 e. The van der Waals surface area contributed by atoms with E-state index in [2.05, 4.69) is 22.4 Å². The maximum Gasteiger partial charge on any atom is 0.145 e. The minimum atomic E-state index is 0.772. The number of nitrogens with one attached hydrogen (secondary N) is 1. The molecule has 0 unspecified atom stereocenters. The highest BCUT2D eigenvalue weighted by atomic mass is 35.5. The van der Waals surface area contributed by atoms with Gasteiger partial charge in [0.25, 0.3) is 0 Å². The lowest BCUT2D eigenvalue weighted by Crippen LogP contribution is -2.02. The number of rotatable bonds is 0. The molecule has 0 bridgehead atoms. The van der Waals surface area contributed by atoms with Gasteiger partial charge in [0.2, 0.25) is 0 Å². The summed E-state index contributed by atoms with van der Waals surface area (Å²) in [5, 5.41) is 5.27. The molecule has 2 heterocycles. The fourth-order valence-electron chi connectivity index (χ4n) is 2.21. The molecule has 92 valence electrons. The van der Waals surface area contributed by atoms with E-state index in [-0.39, 0.29) is 0 Å². The van der Waals surface area contributed by atoms with Gasteiger partial charge in [-0.05, 0) is 24.3 Å². The van der Waals surface area contributed by atoms with Crippen molar-refractivity contribution in [3.05, 3.63) is 53.6 Å². The number of para-hydroxylation sites is 1. The number of pyridine rings is 1. The first-order valence-electron chi connectivity index (χ1n) is 5.94. The summed E-state index contributed by atoms with van der Waals surface area (Å²) < 4.78 is 0. The fraction of sp³-hybridized carbons (Fsp3) is 0. The maximum atomic E-state index is 6.25. The second kappa shape index (κ2) is 4.15. The van der Waals surface area contributed by atoms with Crippen LogP contribution < -0.4 is 5.32 Å². The van der Waals surface area contributed by atoms with Gasteiger partial charge in [0.15, 0.2) is 0 Å². The van der Waals surface area contributed by atoms with Crippen LogP contribution in [0.5, 0.6) is 0 Å². The third kappa shape index (κ3) is 1.78. The summed E-state index contributed by atoms with van der Waals surface area (Å²) in [4.78, 5) is 6.84. The van der Waals surface area contributed by atoms with Crippen molar-refractivity contribution in [3.63, 3.8) is 0 Å². The number of fused-ring (bicyclic) bond motifs is 3. The minimum Gasteiger partial charge on any atom is -0.338 e. The molecule has 3 aromatic rings. The molecule has 0 atom stereocenters. The molecule has 4 rings (SSSR count). The summed E-state index contributed by atoms with van der Waals surface area (Å²) in [5.41, 5.74) is 2.02. The molecule has 19 heavy (non-hydrogen) atoms. The highest BCUT2D eigenvalue weighted by Gasteiger charge is 2.19. The number of aromatic nitrogens is 1. The maximum absolute atomic E-state index is 6.25. The molecular weight excluding hydrogens is 276 g/mol. The molecule has 1 aliphatic heterocycles. The Hall–Kier alpha value is -1.71.